The molecular weight excluding hydrogens is 357 g/mol. The average Bonchev–Trinajstić information content (AvgIpc) is 3.05. The summed E-state index contributed by atoms with van der Waals surface area (Å²) in [6, 6.07) is 14.3. The van der Waals surface area contributed by atoms with Crippen molar-refractivity contribution in [2.45, 2.75) is 26.4 Å². The monoisotopic (exact) mass is 379 g/mol. The van der Waals surface area contributed by atoms with Crippen LogP contribution in [0.25, 0.3) is 0 Å². The fourth-order valence-electron chi connectivity index (χ4n) is 2.56. The first-order valence-corrected chi connectivity index (χ1v) is 8.57. The predicted molar refractivity (Wildman–Crippen MR) is 108 cm³/mol. The van der Waals surface area contributed by atoms with Gasteiger partial charge in [-0.2, -0.15) is 0 Å². The average molecular weight is 380 g/mol. The number of hydrogen-bond donors (Lipinski definition) is 2. The van der Waals surface area contributed by atoms with Crippen LogP contribution >= 0.6 is 24.0 Å². The van der Waals surface area contributed by atoms with Gasteiger partial charge in [-0.15, -0.1) is 12.4 Å². The first-order chi connectivity index (χ1) is 11.6. The number of anilines is 1. The molecule has 0 atom stereocenters. The summed E-state index contributed by atoms with van der Waals surface area (Å²) in [6.45, 7) is 5.72. The normalized spacial score (nSPS) is 13.0. The molecular formula is C19H23Cl2N3O. The molecule has 25 heavy (non-hydrogen) atoms. The maximum absolute atomic E-state index is 6.30. The van der Waals surface area contributed by atoms with Crippen molar-refractivity contribution in [3.05, 3.63) is 58.6 Å². The summed E-state index contributed by atoms with van der Waals surface area (Å²) < 4.78 is 5.67. The van der Waals surface area contributed by atoms with Gasteiger partial charge in [0.1, 0.15) is 5.75 Å². The second kappa shape index (κ2) is 8.97. The Morgan fingerprint density at radius 1 is 1.16 bits per heavy atom. The molecule has 2 aromatic rings. The molecule has 0 bridgehead atoms. The van der Waals surface area contributed by atoms with E-state index in [-0.39, 0.29) is 18.5 Å². The van der Waals surface area contributed by atoms with E-state index >= 15 is 0 Å². The van der Waals surface area contributed by atoms with E-state index in [1.807, 2.05) is 26.0 Å². The van der Waals surface area contributed by atoms with E-state index in [2.05, 4.69) is 46.0 Å². The number of ether oxygens (including phenoxy) is 1. The first-order valence-electron chi connectivity index (χ1n) is 8.19. The Bertz CT molecular complexity index is 730. The van der Waals surface area contributed by atoms with Gasteiger partial charge >= 0.3 is 0 Å². The topological polar surface area (TPSA) is 45.6 Å². The van der Waals surface area contributed by atoms with Gasteiger partial charge in [0.15, 0.2) is 5.96 Å². The second-order valence-corrected chi connectivity index (χ2v) is 6.49. The van der Waals surface area contributed by atoms with Crippen LogP contribution in [0.15, 0.2) is 47.5 Å². The molecule has 3 rings (SSSR count). The van der Waals surface area contributed by atoms with E-state index in [4.69, 9.17) is 16.3 Å². The molecule has 0 saturated heterocycles. The van der Waals surface area contributed by atoms with Crippen molar-refractivity contribution < 1.29 is 4.74 Å². The van der Waals surface area contributed by atoms with Gasteiger partial charge in [0.2, 0.25) is 0 Å². The molecule has 1 heterocycles. The van der Waals surface area contributed by atoms with Gasteiger partial charge in [-0.3, -0.25) is 4.99 Å². The molecule has 0 aliphatic carbocycles. The zero-order valence-electron chi connectivity index (χ0n) is 14.4. The van der Waals surface area contributed by atoms with Crippen LogP contribution < -0.4 is 15.4 Å². The number of halogens is 2. The van der Waals surface area contributed by atoms with Gasteiger partial charge in [-0.05, 0) is 55.7 Å². The zero-order chi connectivity index (χ0) is 16.9. The minimum atomic E-state index is 0. The van der Waals surface area contributed by atoms with Gasteiger partial charge < -0.3 is 15.4 Å². The Labute approximate surface area is 160 Å². The summed E-state index contributed by atoms with van der Waals surface area (Å²) in [5.41, 5.74) is 3.43. The smallest absolute Gasteiger partial charge is 0.195 e. The Morgan fingerprint density at radius 2 is 1.88 bits per heavy atom. The number of benzene rings is 2. The van der Waals surface area contributed by atoms with Crippen LogP contribution in [0.5, 0.6) is 5.75 Å². The highest BCUT2D eigenvalue weighted by molar-refractivity contribution is 6.32. The molecule has 2 aromatic carbocycles. The standard InChI is InChI=1S/C19H22ClN3O.ClH/c1-13(2)24-18-8-5-15(12-17(18)20)11-14-3-6-16(7-4-14)23-19-21-9-10-22-19;/h3-8,12-13H,9-11H2,1-2H3,(H2,21,22,23);1H. The van der Waals surface area contributed by atoms with Crippen LogP contribution in [0.1, 0.15) is 25.0 Å². The molecule has 1 aliphatic rings. The minimum Gasteiger partial charge on any atom is -0.489 e. The number of hydrogen-bond acceptors (Lipinski definition) is 4. The lowest BCUT2D eigenvalue weighted by Crippen LogP contribution is -2.26. The maximum atomic E-state index is 6.30. The van der Waals surface area contributed by atoms with Crippen molar-refractivity contribution >= 4 is 35.7 Å². The van der Waals surface area contributed by atoms with Crippen molar-refractivity contribution in [2.75, 3.05) is 18.4 Å². The molecule has 0 aromatic heterocycles. The van der Waals surface area contributed by atoms with Crippen molar-refractivity contribution in [3.8, 4) is 5.75 Å². The lowest BCUT2D eigenvalue weighted by atomic mass is 10.0. The molecule has 0 fully saturated rings. The third-order valence-electron chi connectivity index (χ3n) is 3.66. The lowest BCUT2D eigenvalue weighted by Gasteiger charge is -2.12. The molecule has 1 aliphatic heterocycles. The Kier molecular flexibility index (Phi) is 6.97. The highest BCUT2D eigenvalue weighted by Crippen LogP contribution is 2.27. The maximum Gasteiger partial charge on any atom is 0.195 e. The van der Waals surface area contributed by atoms with Crippen LogP contribution in [0.3, 0.4) is 0 Å². The molecule has 0 spiro atoms. The molecule has 0 radical (unpaired) electrons. The lowest BCUT2D eigenvalue weighted by molar-refractivity contribution is 0.242. The predicted octanol–water partition coefficient (Wildman–Crippen LogP) is 4.51. The molecule has 4 nitrogen and oxygen atoms in total. The first kappa shape index (κ1) is 19.4. The summed E-state index contributed by atoms with van der Waals surface area (Å²) in [6.07, 6.45) is 0.952. The number of nitrogens with one attached hydrogen (secondary N) is 2. The number of guanidine groups is 1. The SMILES string of the molecule is CC(C)Oc1ccc(Cc2ccc(NC3=NCCN3)cc2)cc1Cl.Cl. The van der Waals surface area contributed by atoms with Gasteiger partial charge in [0.25, 0.3) is 0 Å². The fourth-order valence-corrected chi connectivity index (χ4v) is 2.81. The van der Waals surface area contributed by atoms with Crippen LogP contribution in [0, 0.1) is 0 Å². The van der Waals surface area contributed by atoms with Gasteiger partial charge in [-0.1, -0.05) is 29.8 Å². The van der Waals surface area contributed by atoms with Crippen LogP contribution in [0.4, 0.5) is 5.69 Å². The van der Waals surface area contributed by atoms with Crippen molar-refractivity contribution in [1.29, 1.82) is 0 Å². The van der Waals surface area contributed by atoms with Crippen molar-refractivity contribution in [1.82, 2.24) is 5.32 Å². The highest BCUT2D eigenvalue weighted by atomic mass is 35.5. The van der Waals surface area contributed by atoms with E-state index in [1.54, 1.807) is 0 Å². The van der Waals surface area contributed by atoms with E-state index in [0.717, 1.165) is 36.9 Å². The van der Waals surface area contributed by atoms with Crippen LogP contribution in [-0.2, 0) is 6.42 Å². The van der Waals surface area contributed by atoms with Gasteiger partial charge in [0.05, 0.1) is 17.7 Å². The van der Waals surface area contributed by atoms with Gasteiger partial charge in [0, 0.05) is 12.2 Å². The third-order valence-corrected chi connectivity index (χ3v) is 3.95. The molecule has 2 N–H and O–H groups in total. The summed E-state index contributed by atoms with van der Waals surface area (Å²) >= 11 is 6.30. The molecule has 134 valence electrons. The van der Waals surface area contributed by atoms with Crippen LogP contribution in [0.2, 0.25) is 5.02 Å². The van der Waals surface area contributed by atoms with Gasteiger partial charge in [-0.25, -0.2) is 0 Å². The number of rotatable bonds is 5. The minimum absolute atomic E-state index is 0. The van der Waals surface area contributed by atoms with E-state index in [1.165, 1.54) is 11.1 Å². The molecule has 0 saturated carbocycles. The van der Waals surface area contributed by atoms with Crippen molar-refractivity contribution in [3.63, 3.8) is 0 Å². The van der Waals surface area contributed by atoms with Crippen molar-refractivity contribution in [2.24, 2.45) is 4.99 Å². The Balaban J connectivity index is 0.00000225. The van der Waals surface area contributed by atoms with E-state index < -0.39 is 0 Å². The Hall–Kier alpha value is -1.91. The number of nitrogens with zero attached hydrogens (tertiary/aromatic N) is 1. The Morgan fingerprint density at radius 3 is 2.48 bits per heavy atom. The largest absolute Gasteiger partial charge is 0.489 e. The quantitative estimate of drug-likeness (QED) is 0.802. The summed E-state index contributed by atoms with van der Waals surface area (Å²) in [5, 5.41) is 7.12. The zero-order valence-corrected chi connectivity index (χ0v) is 16.0. The summed E-state index contributed by atoms with van der Waals surface area (Å²) in [7, 11) is 0. The molecule has 6 heteroatoms. The molecule has 0 amide bonds. The second-order valence-electron chi connectivity index (χ2n) is 6.09. The fraction of sp³-hybridized carbons (Fsp3) is 0.316. The van der Waals surface area contributed by atoms with E-state index in [0.29, 0.717) is 5.02 Å². The van der Waals surface area contributed by atoms with Crippen LogP contribution in [-0.4, -0.2) is 25.2 Å². The molecule has 0 unspecified atom stereocenters. The summed E-state index contributed by atoms with van der Waals surface area (Å²) in [5.74, 6) is 1.58. The number of aliphatic imine (C=N–C) groups is 1. The highest BCUT2D eigenvalue weighted by Gasteiger charge is 2.07. The third kappa shape index (κ3) is 5.55. The van der Waals surface area contributed by atoms with E-state index in [9.17, 15) is 0 Å². The summed E-state index contributed by atoms with van der Waals surface area (Å²) in [4.78, 5) is 4.33.